The first-order valence-corrected chi connectivity index (χ1v) is 2.44. The molecule has 0 bridgehead atoms. The SMILES string of the molecule is CN(CC=O)N=C=S. The Morgan fingerprint density at radius 3 is 3.00 bits per heavy atom. The molecule has 4 heteroatoms. The second kappa shape index (κ2) is 4.43. The highest BCUT2D eigenvalue weighted by Gasteiger charge is 1.84. The lowest BCUT2D eigenvalue weighted by atomic mass is 10.7. The Morgan fingerprint density at radius 2 is 2.62 bits per heavy atom. The topological polar surface area (TPSA) is 32.7 Å². The molecule has 0 aliphatic heterocycles. The predicted octanol–water partition coefficient (Wildman–Crippen LogP) is 0.135. The highest BCUT2D eigenvalue weighted by atomic mass is 32.1. The van der Waals surface area contributed by atoms with E-state index in [4.69, 9.17) is 0 Å². The molecule has 0 unspecified atom stereocenters. The van der Waals surface area contributed by atoms with Crippen molar-refractivity contribution in [2.45, 2.75) is 0 Å². The number of thiocarbonyl (C=S) groups is 1. The summed E-state index contributed by atoms with van der Waals surface area (Å²) in [5.41, 5.74) is 0. The Balaban J connectivity index is 3.46. The first-order valence-electron chi connectivity index (χ1n) is 2.04. The van der Waals surface area contributed by atoms with Gasteiger partial charge in [0.1, 0.15) is 6.29 Å². The summed E-state index contributed by atoms with van der Waals surface area (Å²) in [6.45, 7) is 0.267. The molecule has 0 aromatic heterocycles. The van der Waals surface area contributed by atoms with Gasteiger partial charge in [0.05, 0.1) is 11.7 Å². The molecule has 0 rings (SSSR count). The number of hydrazone groups is 1. The molecule has 44 valence electrons. The summed E-state index contributed by atoms with van der Waals surface area (Å²) in [5.74, 6) is 0. The Morgan fingerprint density at radius 1 is 2.00 bits per heavy atom. The molecule has 0 heterocycles. The van der Waals surface area contributed by atoms with Crippen LogP contribution in [0.25, 0.3) is 0 Å². The number of rotatable bonds is 3. The lowest BCUT2D eigenvalue weighted by Gasteiger charge is -2.02. The van der Waals surface area contributed by atoms with Crippen LogP contribution in [-0.2, 0) is 4.79 Å². The lowest BCUT2D eigenvalue weighted by Crippen LogP contribution is -2.12. The van der Waals surface area contributed by atoms with Crippen LogP contribution in [0.5, 0.6) is 0 Å². The van der Waals surface area contributed by atoms with E-state index in [1.165, 1.54) is 5.01 Å². The molecule has 0 saturated heterocycles. The van der Waals surface area contributed by atoms with Gasteiger partial charge in [-0.15, -0.1) is 5.10 Å². The molecule has 0 aromatic carbocycles. The van der Waals surface area contributed by atoms with Crippen molar-refractivity contribution < 1.29 is 4.79 Å². The van der Waals surface area contributed by atoms with E-state index in [0.717, 1.165) is 6.29 Å². The summed E-state index contributed by atoms with van der Waals surface area (Å²) < 4.78 is 0. The standard InChI is InChI=1S/C4H6N2OS/c1-6(2-3-7)5-4-8/h3H,2H2,1H3. The van der Waals surface area contributed by atoms with E-state index in [1.54, 1.807) is 7.05 Å². The van der Waals surface area contributed by atoms with E-state index >= 15 is 0 Å². The number of hydrogen-bond acceptors (Lipinski definition) is 4. The van der Waals surface area contributed by atoms with Gasteiger partial charge in [0.2, 0.25) is 0 Å². The van der Waals surface area contributed by atoms with E-state index < -0.39 is 0 Å². The molecule has 0 saturated carbocycles. The smallest absolute Gasteiger partial charge is 0.141 e. The van der Waals surface area contributed by atoms with E-state index in [9.17, 15) is 4.79 Å². The van der Waals surface area contributed by atoms with Gasteiger partial charge < -0.3 is 4.79 Å². The summed E-state index contributed by atoms with van der Waals surface area (Å²) in [6.07, 6.45) is 0.746. The van der Waals surface area contributed by atoms with E-state index in [0.29, 0.717) is 0 Å². The molecule has 0 atom stereocenters. The van der Waals surface area contributed by atoms with Gasteiger partial charge >= 0.3 is 0 Å². The van der Waals surface area contributed by atoms with Gasteiger partial charge in [0.25, 0.3) is 0 Å². The molecule has 0 aliphatic rings. The maximum atomic E-state index is 9.73. The molecule has 8 heavy (non-hydrogen) atoms. The number of carbonyl (C=O) groups excluding carboxylic acids is 1. The van der Waals surface area contributed by atoms with Crippen molar-refractivity contribution in [3.63, 3.8) is 0 Å². The Labute approximate surface area is 53.0 Å². The molecule has 0 fully saturated rings. The van der Waals surface area contributed by atoms with Crippen LogP contribution in [0.2, 0.25) is 0 Å². The second-order valence-electron chi connectivity index (χ2n) is 1.20. The molecule has 0 amide bonds. The summed E-state index contributed by atoms with van der Waals surface area (Å²) in [7, 11) is 1.65. The van der Waals surface area contributed by atoms with Crippen molar-refractivity contribution in [2.75, 3.05) is 13.6 Å². The van der Waals surface area contributed by atoms with Crippen molar-refractivity contribution in [2.24, 2.45) is 5.10 Å². The zero-order valence-electron chi connectivity index (χ0n) is 4.50. The van der Waals surface area contributed by atoms with Gasteiger partial charge in [-0.05, 0) is 12.2 Å². The van der Waals surface area contributed by atoms with Crippen LogP contribution in [0.1, 0.15) is 0 Å². The lowest BCUT2D eigenvalue weighted by molar-refractivity contribution is -0.108. The molecular formula is C4H6N2OS. The average Bonchev–Trinajstić information content (AvgIpc) is 1.68. The number of likely N-dealkylation sites (N-methyl/N-ethyl adjacent to an activating group) is 1. The average molecular weight is 130 g/mol. The Bertz CT molecular complexity index is 119. The fourth-order valence-corrected chi connectivity index (χ4v) is 0.358. The Hall–Kier alpha value is -0.730. The molecule has 0 aliphatic carbocycles. The second-order valence-corrected chi connectivity index (χ2v) is 1.38. The van der Waals surface area contributed by atoms with Crippen LogP contribution in [0.3, 0.4) is 0 Å². The van der Waals surface area contributed by atoms with E-state index in [1.807, 2.05) is 0 Å². The summed E-state index contributed by atoms with van der Waals surface area (Å²) in [5, 5.41) is 7.01. The Kier molecular flexibility index (Phi) is 4.03. The number of aldehydes is 1. The van der Waals surface area contributed by atoms with Crippen molar-refractivity contribution in [3.05, 3.63) is 0 Å². The molecule has 3 nitrogen and oxygen atoms in total. The third-order valence-electron chi connectivity index (χ3n) is 0.550. The monoisotopic (exact) mass is 130 g/mol. The minimum absolute atomic E-state index is 0.267. The van der Waals surface area contributed by atoms with Crippen LogP contribution in [-0.4, -0.2) is 30.0 Å². The number of nitrogens with zero attached hydrogens (tertiary/aromatic N) is 2. The van der Waals surface area contributed by atoms with E-state index in [2.05, 4.69) is 22.5 Å². The van der Waals surface area contributed by atoms with Crippen molar-refractivity contribution in [3.8, 4) is 0 Å². The van der Waals surface area contributed by atoms with Gasteiger partial charge in [-0.25, -0.2) is 0 Å². The van der Waals surface area contributed by atoms with Gasteiger partial charge in [0.15, 0.2) is 0 Å². The van der Waals surface area contributed by atoms with Gasteiger partial charge in [-0.2, -0.15) is 0 Å². The maximum Gasteiger partial charge on any atom is 0.141 e. The highest BCUT2D eigenvalue weighted by Crippen LogP contribution is 1.74. The number of carbonyl (C=O) groups is 1. The predicted molar refractivity (Wildman–Crippen MR) is 33.7 cm³/mol. The van der Waals surface area contributed by atoms with Crippen molar-refractivity contribution in [1.82, 2.24) is 5.01 Å². The minimum atomic E-state index is 0.267. The van der Waals surface area contributed by atoms with Crippen LogP contribution in [0, 0.1) is 0 Å². The highest BCUT2D eigenvalue weighted by molar-refractivity contribution is 7.78. The molecular weight excluding hydrogens is 124 g/mol. The van der Waals surface area contributed by atoms with Gasteiger partial charge in [0, 0.05) is 7.05 Å². The van der Waals surface area contributed by atoms with Crippen LogP contribution >= 0.6 is 12.2 Å². The van der Waals surface area contributed by atoms with E-state index in [-0.39, 0.29) is 6.54 Å². The van der Waals surface area contributed by atoms with Gasteiger partial charge in [-0.3, -0.25) is 5.01 Å². The first kappa shape index (κ1) is 7.27. The number of isothiocyanates is 1. The number of hydrogen-bond donors (Lipinski definition) is 0. The maximum absolute atomic E-state index is 9.73. The zero-order chi connectivity index (χ0) is 6.41. The summed E-state index contributed by atoms with van der Waals surface area (Å²) in [6, 6.07) is 0. The molecule has 0 aromatic rings. The first-order chi connectivity index (χ1) is 3.81. The van der Waals surface area contributed by atoms with Crippen molar-refractivity contribution >= 4 is 23.7 Å². The third-order valence-corrected chi connectivity index (χ3v) is 0.632. The normalized spacial score (nSPS) is 7.12. The van der Waals surface area contributed by atoms with Gasteiger partial charge in [-0.1, -0.05) is 0 Å². The zero-order valence-corrected chi connectivity index (χ0v) is 5.31. The quantitative estimate of drug-likeness (QED) is 0.236. The third kappa shape index (κ3) is 3.46. The largest absolute Gasteiger partial charge is 0.301 e. The van der Waals surface area contributed by atoms with Crippen LogP contribution in [0.15, 0.2) is 5.10 Å². The van der Waals surface area contributed by atoms with Crippen LogP contribution in [0.4, 0.5) is 0 Å². The van der Waals surface area contributed by atoms with Crippen LogP contribution < -0.4 is 0 Å². The fourth-order valence-electron chi connectivity index (χ4n) is 0.218. The molecule has 0 spiro atoms. The summed E-state index contributed by atoms with van der Waals surface area (Å²) in [4.78, 5) is 9.73. The summed E-state index contributed by atoms with van der Waals surface area (Å²) >= 11 is 4.27. The fraction of sp³-hybridized carbons (Fsp3) is 0.500. The molecule has 0 N–H and O–H groups in total. The minimum Gasteiger partial charge on any atom is -0.301 e. The van der Waals surface area contributed by atoms with Crippen molar-refractivity contribution in [1.29, 1.82) is 0 Å². The molecule has 0 radical (unpaired) electrons.